The average molecular weight is 507 g/mol. The Kier molecular flexibility index (Phi) is 7.57. The van der Waals surface area contributed by atoms with Crippen LogP contribution in [0.1, 0.15) is 31.1 Å². The number of rotatable bonds is 5. The van der Waals surface area contributed by atoms with Gasteiger partial charge < -0.3 is 24.4 Å². The fourth-order valence-corrected chi connectivity index (χ4v) is 3.54. The van der Waals surface area contributed by atoms with E-state index in [1.807, 2.05) is 12.1 Å². The molecule has 9 nitrogen and oxygen atoms in total. The maximum absolute atomic E-state index is 12.3. The van der Waals surface area contributed by atoms with Gasteiger partial charge >= 0.3 is 12.1 Å². The van der Waals surface area contributed by atoms with Crippen molar-refractivity contribution in [2.75, 3.05) is 43.5 Å². The molecular formula is C22H27BrN4O5. The number of amides is 1. The van der Waals surface area contributed by atoms with Gasteiger partial charge in [0.05, 0.1) is 7.11 Å². The Balaban J connectivity index is 1.88. The summed E-state index contributed by atoms with van der Waals surface area (Å²) < 4.78 is 16.7. The number of hydrogen-bond acceptors (Lipinski definition) is 8. The molecule has 1 aliphatic heterocycles. The van der Waals surface area contributed by atoms with Crippen LogP contribution >= 0.6 is 15.9 Å². The van der Waals surface area contributed by atoms with Gasteiger partial charge in [-0.1, -0.05) is 0 Å². The standard InChI is InChI=1S/C22H27BrN4O5/c1-22(2,3)32-21(29)26-19-13-15(12-18(23)25-19)31-17-11-14(27-9-7-24-8-10-27)5-6-16(17)20(28)30-4/h5-6,11-13,24H,7-10H2,1-4H3,(H,25,26,29). The zero-order valence-corrected chi connectivity index (χ0v) is 20.1. The van der Waals surface area contributed by atoms with Crippen LogP contribution in [0.15, 0.2) is 34.9 Å². The third-order valence-corrected chi connectivity index (χ3v) is 4.88. The third-order valence-electron chi connectivity index (χ3n) is 4.48. The molecule has 1 aliphatic rings. The average Bonchev–Trinajstić information content (AvgIpc) is 2.72. The predicted molar refractivity (Wildman–Crippen MR) is 125 cm³/mol. The quantitative estimate of drug-likeness (QED) is 0.459. The lowest BCUT2D eigenvalue weighted by Gasteiger charge is -2.30. The van der Waals surface area contributed by atoms with Gasteiger partial charge in [-0.05, 0) is 48.8 Å². The van der Waals surface area contributed by atoms with Crippen molar-refractivity contribution in [2.45, 2.75) is 26.4 Å². The summed E-state index contributed by atoms with van der Waals surface area (Å²) >= 11 is 3.33. The number of methoxy groups -OCH3 is 1. The maximum atomic E-state index is 12.3. The summed E-state index contributed by atoms with van der Waals surface area (Å²) in [6, 6.07) is 8.57. The molecule has 2 N–H and O–H groups in total. The number of halogens is 1. The van der Waals surface area contributed by atoms with Gasteiger partial charge in [0.1, 0.15) is 33.1 Å². The van der Waals surface area contributed by atoms with Crippen molar-refractivity contribution in [1.82, 2.24) is 10.3 Å². The Labute approximate surface area is 195 Å². The number of esters is 1. The monoisotopic (exact) mass is 506 g/mol. The highest BCUT2D eigenvalue weighted by molar-refractivity contribution is 9.10. The number of anilines is 2. The van der Waals surface area contributed by atoms with Crippen LogP contribution in [0.3, 0.4) is 0 Å². The van der Waals surface area contributed by atoms with E-state index in [1.54, 1.807) is 39.0 Å². The number of nitrogens with one attached hydrogen (secondary N) is 2. The molecule has 0 bridgehead atoms. The lowest BCUT2D eigenvalue weighted by Crippen LogP contribution is -2.43. The Morgan fingerprint density at radius 2 is 1.88 bits per heavy atom. The highest BCUT2D eigenvalue weighted by atomic mass is 79.9. The first kappa shape index (κ1) is 23.8. The van der Waals surface area contributed by atoms with E-state index < -0.39 is 17.7 Å². The van der Waals surface area contributed by atoms with E-state index in [0.717, 1.165) is 31.9 Å². The number of nitrogens with zero attached hydrogens (tertiary/aromatic N) is 2. The van der Waals surface area contributed by atoms with E-state index in [4.69, 9.17) is 14.2 Å². The number of carbonyl (C=O) groups excluding carboxylic acids is 2. The molecule has 32 heavy (non-hydrogen) atoms. The molecule has 172 valence electrons. The number of ether oxygens (including phenoxy) is 3. The maximum Gasteiger partial charge on any atom is 0.413 e. The first-order valence-electron chi connectivity index (χ1n) is 10.2. The minimum atomic E-state index is -0.644. The Morgan fingerprint density at radius 3 is 2.53 bits per heavy atom. The van der Waals surface area contributed by atoms with Crippen molar-refractivity contribution in [2.24, 2.45) is 0 Å². The van der Waals surface area contributed by atoms with Crippen LogP contribution < -0.4 is 20.3 Å². The van der Waals surface area contributed by atoms with Gasteiger partial charge in [-0.3, -0.25) is 5.32 Å². The first-order chi connectivity index (χ1) is 15.1. The normalized spacial score (nSPS) is 14.0. The van der Waals surface area contributed by atoms with Gasteiger partial charge in [-0.25, -0.2) is 14.6 Å². The molecule has 0 atom stereocenters. The van der Waals surface area contributed by atoms with Crippen molar-refractivity contribution in [3.8, 4) is 11.5 Å². The zero-order valence-electron chi connectivity index (χ0n) is 18.5. The molecule has 1 amide bonds. The Morgan fingerprint density at radius 1 is 1.16 bits per heavy atom. The van der Waals surface area contributed by atoms with Gasteiger partial charge in [-0.15, -0.1) is 0 Å². The van der Waals surface area contributed by atoms with Crippen LogP contribution in [-0.2, 0) is 9.47 Å². The van der Waals surface area contributed by atoms with E-state index in [-0.39, 0.29) is 5.82 Å². The van der Waals surface area contributed by atoms with Crippen molar-refractivity contribution in [3.63, 3.8) is 0 Å². The molecule has 10 heteroatoms. The van der Waals surface area contributed by atoms with E-state index >= 15 is 0 Å². The molecule has 0 aliphatic carbocycles. The molecule has 1 fully saturated rings. The largest absolute Gasteiger partial charge is 0.465 e. The minimum Gasteiger partial charge on any atom is -0.465 e. The van der Waals surface area contributed by atoms with Gasteiger partial charge in [0.25, 0.3) is 0 Å². The molecule has 2 aromatic rings. The summed E-state index contributed by atoms with van der Waals surface area (Å²) in [5.41, 5.74) is 0.588. The van der Waals surface area contributed by atoms with Gasteiger partial charge in [0.2, 0.25) is 0 Å². The second kappa shape index (κ2) is 10.2. The molecule has 1 aromatic carbocycles. The van der Waals surface area contributed by atoms with E-state index in [2.05, 4.69) is 36.4 Å². The predicted octanol–water partition coefficient (Wildman–Crippen LogP) is 4.18. The van der Waals surface area contributed by atoms with Crippen LogP contribution in [0, 0.1) is 0 Å². The van der Waals surface area contributed by atoms with Crippen LogP contribution in [0.5, 0.6) is 11.5 Å². The summed E-state index contributed by atoms with van der Waals surface area (Å²) in [7, 11) is 1.32. The molecule has 1 aromatic heterocycles. The smallest absolute Gasteiger partial charge is 0.413 e. The molecule has 0 saturated carbocycles. The summed E-state index contributed by atoms with van der Waals surface area (Å²) in [6.07, 6.45) is -0.634. The minimum absolute atomic E-state index is 0.238. The Hall–Kier alpha value is -2.85. The highest BCUT2D eigenvalue weighted by Gasteiger charge is 2.20. The number of aromatic nitrogens is 1. The van der Waals surface area contributed by atoms with Crippen LogP contribution in [0.4, 0.5) is 16.3 Å². The molecule has 1 saturated heterocycles. The molecular weight excluding hydrogens is 480 g/mol. The molecule has 2 heterocycles. The second-order valence-electron chi connectivity index (χ2n) is 8.15. The number of hydrogen-bond donors (Lipinski definition) is 2. The summed E-state index contributed by atoms with van der Waals surface area (Å²) in [5.74, 6) is 0.448. The SMILES string of the molecule is COC(=O)c1ccc(N2CCNCC2)cc1Oc1cc(Br)nc(NC(=O)OC(C)(C)C)c1. The van der Waals surface area contributed by atoms with Crippen molar-refractivity contribution >= 4 is 39.5 Å². The van der Waals surface area contributed by atoms with Gasteiger partial charge in [0.15, 0.2) is 0 Å². The van der Waals surface area contributed by atoms with Gasteiger partial charge in [0, 0.05) is 50.1 Å². The van der Waals surface area contributed by atoms with Crippen molar-refractivity contribution in [1.29, 1.82) is 0 Å². The fraction of sp³-hybridized carbons (Fsp3) is 0.409. The number of piperazine rings is 1. The summed E-state index contributed by atoms with van der Waals surface area (Å²) in [4.78, 5) is 30.9. The lowest BCUT2D eigenvalue weighted by atomic mass is 10.1. The Bertz CT molecular complexity index is 987. The zero-order chi connectivity index (χ0) is 23.3. The molecule has 0 spiro atoms. The third kappa shape index (κ3) is 6.57. The van der Waals surface area contributed by atoms with Gasteiger partial charge in [-0.2, -0.15) is 0 Å². The van der Waals surface area contributed by atoms with E-state index in [0.29, 0.717) is 21.7 Å². The second-order valence-corrected chi connectivity index (χ2v) is 8.96. The highest BCUT2D eigenvalue weighted by Crippen LogP contribution is 2.33. The fourth-order valence-electron chi connectivity index (χ4n) is 3.13. The van der Waals surface area contributed by atoms with E-state index in [1.165, 1.54) is 7.11 Å². The summed E-state index contributed by atoms with van der Waals surface area (Å²) in [5, 5.41) is 5.90. The van der Waals surface area contributed by atoms with Crippen LogP contribution in [-0.4, -0.2) is 55.9 Å². The molecule has 0 radical (unpaired) electrons. The van der Waals surface area contributed by atoms with Crippen LogP contribution in [0.25, 0.3) is 0 Å². The molecule has 0 unspecified atom stereocenters. The van der Waals surface area contributed by atoms with Crippen LogP contribution in [0.2, 0.25) is 0 Å². The molecule has 3 rings (SSSR count). The number of pyridine rings is 1. The topological polar surface area (TPSA) is 102 Å². The van der Waals surface area contributed by atoms with Crippen molar-refractivity contribution < 1.29 is 23.8 Å². The summed E-state index contributed by atoms with van der Waals surface area (Å²) in [6.45, 7) is 8.78. The van der Waals surface area contributed by atoms with Crippen molar-refractivity contribution in [3.05, 3.63) is 40.5 Å². The lowest BCUT2D eigenvalue weighted by molar-refractivity contribution is 0.0595. The number of benzene rings is 1. The first-order valence-corrected chi connectivity index (χ1v) is 11.0. The van der Waals surface area contributed by atoms with E-state index in [9.17, 15) is 9.59 Å². The number of carbonyl (C=O) groups is 2.